The first-order chi connectivity index (χ1) is 20.0. The van der Waals surface area contributed by atoms with Crippen molar-refractivity contribution in [1.29, 1.82) is 0 Å². The minimum absolute atomic E-state index is 0.230. The van der Waals surface area contributed by atoms with Crippen LogP contribution >= 0.6 is 0 Å². The van der Waals surface area contributed by atoms with Crippen molar-refractivity contribution in [1.82, 2.24) is 0 Å². The molecule has 0 aromatic heterocycles. The molecule has 2 aliphatic heterocycles. The molecule has 0 N–H and O–H groups in total. The van der Waals surface area contributed by atoms with Crippen molar-refractivity contribution in [2.75, 3.05) is 6.61 Å². The van der Waals surface area contributed by atoms with Crippen molar-refractivity contribution in [3.8, 4) is 0 Å². The maximum atomic E-state index is 13.4. The zero-order chi connectivity index (χ0) is 30.2. The van der Waals surface area contributed by atoms with Crippen LogP contribution in [0.25, 0.3) is 6.08 Å². The van der Waals surface area contributed by atoms with Crippen molar-refractivity contribution >= 4 is 30.3 Å². The van der Waals surface area contributed by atoms with Gasteiger partial charge in [0.25, 0.3) is 0 Å². The molecule has 9 nitrogen and oxygen atoms in total. The largest absolute Gasteiger partial charge is 0.462 e. The highest BCUT2D eigenvalue weighted by Gasteiger charge is 2.72. The fourth-order valence-corrected chi connectivity index (χ4v) is 8.54. The van der Waals surface area contributed by atoms with E-state index >= 15 is 0 Å². The molecule has 2 saturated heterocycles. The summed E-state index contributed by atoms with van der Waals surface area (Å²) in [5, 5.41) is 0. The Morgan fingerprint density at radius 1 is 0.952 bits per heavy atom. The molecule has 4 aliphatic rings. The third kappa shape index (κ3) is 5.30. The number of fused-ring (bicyclic) bond motifs is 2. The van der Waals surface area contributed by atoms with E-state index in [1.165, 1.54) is 19.9 Å². The average Bonchev–Trinajstić information content (AvgIpc) is 3.56. The van der Waals surface area contributed by atoms with E-state index in [2.05, 4.69) is 6.92 Å². The number of rotatable bonds is 7. The molecule has 42 heavy (non-hydrogen) atoms. The molecule has 9 heteroatoms. The summed E-state index contributed by atoms with van der Waals surface area (Å²) in [6, 6.07) is 9.35. The Morgan fingerprint density at radius 3 is 2.31 bits per heavy atom. The zero-order valence-electron chi connectivity index (χ0n) is 25.0. The van der Waals surface area contributed by atoms with Crippen LogP contribution in [0.3, 0.4) is 0 Å². The van der Waals surface area contributed by atoms with E-state index in [0.717, 1.165) is 24.7 Å². The van der Waals surface area contributed by atoms with E-state index in [0.29, 0.717) is 19.4 Å². The Morgan fingerprint density at radius 2 is 1.67 bits per heavy atom. The molecule has 0 bridgehead atoms. The molecule has 5 rings (SSSR count). The molecule has 0 radical (unpaired) electrons. The normalized spacial score (nSPS) is 41.0. The minimum atomic E-state index is -1.04. The predicted molar refractivity (Wildman–Crippen MR) is 151 cm³/mol. The minimum Gasteiger partial charge on any atom is -0.462 e. The lowest BCUT2D eigenvalue weighted by molar-refractivity contribution is -0.287. The van der Waals surface area contributed by atoms with Crippen LogP contribution in [0.4, 0.5) is 0 Å². The van der Waals surface area contributed by atoms with Crippen LogP contribution in [0.15, 0.2) is 36.4 Å². The Bertz CT molecular complexity index is 1200. The van der Waals surface area contributed by atoms with Gasteiger partial charge < -0.3 is 28.5 Å². The van der Waals surface area contributed by atoms with E-state index in [1.54, 1.807) is 6.08 Å². The maximum absolute atomic E-state index is 13.4. The Kier molecular flexibility index (Phi) is 8.63. The lowest BCUT2D eigenvalue weighted by Gasteiger charge is -2.66. The third-order valence-corrected chi connectivity index (χ3v) is 10.6. The van der Waals surface area contributed by atoms with E-state index in [4.69, 9.17) is 23.7 Å². The second-order valence-electron chi connectivity index (χ2n) is 12.8. The lowest BCUT2D eigenvalue weighted by atomic mass is 9.41. The summed E-state index contributed by atoms with van der Waals surface area (Å²) >= 11 is 0. The molecular formula is C33H42O9. The standard InChI is InChI=1S/C33H42O9/c1-19-28(40-21(3)36)30(42-27(37)14-11-22-9-7-6-8-10-22)33(5)24(18-34)12-13-25(39-20(2)35)29(33)32(19,4)26-17-23-15-16-38-31(23)41-26/h6-11,14,18-19,23-26,28-31H,12-13,15-17H2,1-5H3/b14-11+/t19-,23-,24+,25-,26+,28-,29-,30+,31+,32-,33+/m1/s1. The first kappa shape index (κ1) is 30.4. The fraction of sp³-hybridized carbons (Fsp3) is 0.636. The van der Waals surface area contributed by atoms with Crippen LogP contribution in [0.2, 0.25) is 0 Å². The molecule has 4 fully saturated rings. The molecule has 1 aromatic rings. The molecular weight excluding hydrogens is 540 g/mol. The van der Waals surface area contributed by atoms with Gasteiger partial charge in [-0.2, -0.15) is 0 Å². The Balaban J connectivity index is 1.60. The van der Waals surface area contributed by atoms with Crippen molar-refractivity contribution in [3.63, 3.8) is 0 Å². The predicted octanol–water partition coefficient (Wildman–Crippen LogP) is 4.51. The molecule has 0 spiro atoms. The second-order valence-corrected chi connectivity index (χ2v) is 12.8. The van der Waals surface area contributed by atoms with Crippen LogP contribution in [-0.4, -0.2) is 61.5 Å². The highest BCUT2D eigenvalue weighted by molar-refractivity contribution is 5.87. The smallest absolute Gasteiger partial charge is 0.331 e. The first-order valence-corrected chi connectivity index (χ1v) is 15.0. The van der Waals surface area contributed by atoms with E-state index in [1.807, 2.05) is 44.2 Å². The summed E-state index contributed by atoms with van der Waals surface area (Å²) in [4.78, 5) is 51.1. The number of hydrogen-bond donors (Lipinski definition) is 0. The van der Waals surface area contributed by atoms with Gasteiger partial charge in [-0.15, -0.1) is 0 Å². The van der Waals surface area contributed by atoms with Crippen LogP contribution in [-0.2, 0) is 42.9 Å². The van der Waals surface area contributed by atoms with E-state index in [-0.39, 0.29) is 24.2 Å². The molecule has 1 aromatic carbocycles. The van der Waals surface area contributed by atoms with Gasteiger partial charge in [0.1, 0.15) is 24.6 Å². The average molecular weight is 583 g/mol. The van der Waals surface area contributed by atoms with Gasteiger partial charge in [-0.25, -0.2) is 4.79 Å². The maximum Gasteiger partial charge on any atom is 0.331 e. The van der Waals surface area contributed by atoms with Crippen LogP contribution in [0.1, 0.15) is 65.9 Å². The van der Waals surface area contributed by atoms with E-state index < -0.39 is 58.9 Å². The third-order valence-electron chi connectivity index (χ3n) is 10.6. The SMILES string of the molecule is CC(=O)O[C@@H]1[C@@H](C)[C@](C)([C@@H]2C[C@H]3CCO[C@H]3O2)[C@H]2[C@H](OC(C)=O)CC[C@@H](C=O)[C@]2(C)[C@H]1OC(=O)/C=C/c1ccccc1. The number of benzene rings is 1. The zero-order valence-corrected chi connectivity index (χ0v) is 25.0. The fourth-order valence-electron chi connectivity index (χ4n) is 8.54. The van der Waals surface area contributed by atoms with Crippen LogP contribution in [0.5, 0.6) is 0 Å². The van der Waals surface area contributed by atoms with Gasteiger partial charge in [0.2, 0.25) is 0 Å². The quantitative estimate of drug-likeness (QED) is 0.198. The van der Waals surface area contributed by atoms with Crippen molar-refractivity contribution in [2.24, 2.45) is 34.5 Å². The van der Waals surface area contributed by atoms with Gasteiger partial charge in [-0.1, -0.05) is 51.1 Å². The van der Waals surface area contributed by atoms with Crippen LogP contribution in [0, 0.1) is 34.5 Å². The molecule has 11 atom stereocenters. The van der Waals surface area contributed by atoms with E-state index in [9.17, 15) is 19.2 Å². The monoisotopic (exact) mass is 582 g/mol. The van der Waals surface area contributed by atoms with Crippen molar-refractivity contribution in [2.45, 2.75) is 91.0 Å². The highest BCUT2D eigenvalue weighted by atomic mass is 16.7. The number of esters is 3. The number of hydrogen-bond acceptors (Lipinski definition) is 9. The summed E-state index contributed by atoms with van der Waals surface area (Å²) in [7, 11) is 0. The highest BCUT2D eigenvalue weighted by Crippen LogP contribution is 2.66. The molecule has 2 saturated carbocycles. The summed E-state index contributed by atoms with van der Waals surface area (Å²) < 4.78 is 30.6. The second kappa shape index (κ2) is 11.9. The van der Waals surface area contributed by atoms with Gasteiger partial charge in [-0.3, -0.25) is 9.59 Å². The topological polar surface area (TPSA) is 114 Å². The number of carbonyl (C=O) groups is 4. The first-order valence-electron chi connectivity index (χ1n) is 15.0. The number of carbonyl (C=O) groups excluding carboxylic acids is 4. The van der Waals surface area contributed by atoms with Gasteiger partial charge in [0.05, 0.1) is 12.7 Å². The van der Waals surface area contributed by atoms with Crippen LogP contribution < -0.4 is 0 Å². The molecule has 0 unspecified atom stereocenters. The number of aldehydes is 1. The summed E-state index contributed by atoms with van der Waals surface area (Å²) in [6.45, 7) is 9.32. The molecule has 2 heterocycles. The van der Waals surface area contributed by atoms with Gasteiger partial charge in [0, 0.05) is 54.4 Å². The summed E-state index contributed by atoms with van der Waals surface area (Å²) in [5.74, 6) is -2.70. The van der Waals surface area contributed by atoms with Gasteiger partial charge in [0.15, 0.2) is 6.29 Å². The Hall–Kier alpha value is -3.04. The van der Waals surface area contributed by atoms with Gasteiger partial charge in [-0.05, 0) is 37.3 Å². The van der Waals surface area contributed by atoms with Crippen molar-refractivity contribution in [3.05, 3.63) is 42.0 Å². The molecule has 2 aliphatic carbocycles. The summed E-state index contributed by atoms with van der Waals surface area (Å²) in [6.07, 6.45) is 3.40. The molecule has 0 amide bonds. The Labute approximate surface area is 247 Å². The summed E-state index contributed by atoms with van der Waals surface area (Å²) in [5.41, 5.74) is -0.948. The molecule has 228 valence electrons. The van der Waals surface area contributed by atoms with Crippen molar-refractivity contribution < 1.29 is 42.9 Å². The lowest BCUT2D eigenvalue weighted by Crippen LogP contribution is -2.72. The van der Waals surface area contributed by atoms with Gasteiger partial charge >= 0.3 is 17.9 Å². The number of ether oxygens (including phenoxy) is 5.